The largest absolute Gasteiger partial charge is 0.472 e. The first-order valence-electron chi connectivity index (χ1n) is 7.18. The van der Waals surface area contributed by atoms with Crippen molar-refractivity contribution in [2.24, 2.45) is 5.92 Å². The fraction of sp³-hybridized carbons (Fsp3) is 0.667. The van der Waals surface area contributed by atoms with E-state index in [1.807, 2.05) is 4.90 Å². The highest BCUT2D eigenvalue weighted by atomic mass is 16.5. The van der Waals surface area contributed by atoms with Gasteiger partial charge in [-0.15, -0.1) is 0 Å². The highest BCUT2D eigenvalue weighted by molar-refractivity contribution is 5.93. The standard InChI is InChI=1S/C15H21NO3/c1-2-12-9-15(19-10-12)4-6-16(7-5-15)14(17)13-3-8-18-11-13/h3,8,11-12H,2,4-7,9-10H2,1H3/t12-/m1/s1. The van der Waals surface area contributed by atoms with Crippen LogP contribution in [0.4, 0.5) is 0 Å². The molecule has 2 aliphatic heterocycles. The van der Waals surface area contributed by atoms with Crippen LogP contribution < -0.4 is 0 Å². The first-order chi connectivity index (χ1) is 9.22. The average Bonchev–Trinajstić information content (AvgIpc) is 3.09. The number of likely N-dealkylation sites (tertiary alicyclic amines) is 1. The number of carbonyl (C=O) groups excluding carboxylic acids is 1. The molecule has 1 aromatic rings. The number of hydrogen-bond acceptors (Lipinski definition) is 3. The van der Waals surface area contributed by atoms with Crippen molar-refractivity contribution in [2.45, 2.75) is 38.2 Å². The summed E-state index contributed by atoms with van der Waals surface area (Å²) in [5, 5.41) is 0. The average molecular weight is 263 g/mol. The Morgan fingerprint density at radius 3 is 2.84 bits per heavy atom. The zero-order chi connectivity index (χ0) is 13.3. The Labute approximate surface area is 113 Å². The van der Waals surface area contributed by atoms with Gasteiger partial charge in [0.05, 0.1) is 24.0 Å². The summed E-state index contributed by atoms with van der Waals surface area (Å²) < 4.78 is 11.0. The zero-order valence-corrected chi connectivity index (χ0v) is 11.4. The maximum absolute atomic E-state index is 12.2. The lowest BCUT2D eigenvalue weighted by Gasteiger charge is -2.38. The molecule has 2 saturated heterocycles. The molecule has 0 aromatic carbocycles. The Hall–Kier alpha value is -1.29. The van der Waals surface area contributed by atoms with E-state index in [1.165, 1.54) is 12.7 Å². The van der Waals surface area contributed by atoms with Crippen LogP contribution in [0.1, 0.15) is 43.0 Å². The van der Waals surface area contributed by atoms with E-state index in [4.69, 9.17) is 9.15 Å². The molecule has 0 unspecified atom stereocenters. The molecule has 0 radical (unpaired) electrons. The molecule has 2 fully saturated rings. The van der Waals surface area contributed by atoms with Gasteiger partial charge in [-0.3, -0.25) is 4.79 Å². The van der Waals surface area contributed by atoms with E-state index >= 15 is 0 Å². The number of piperidine rings is 1. The minimum Gasteiger partial charge on any atom is -0.472 e. The smallest absolute Gasteiger partial charge is 0.257 e. The molecule has 3 heterocycles. The Kier molecular flexibility index (Phi) is 3.35. The summed E-state index contributed by atoms with van der Waals surface area (Å²) in [4.78, 5) is 14.1. The fourth-order valence-corrected chi connectivity index (χ4v) is 3.24. The normalized spacial score (nSPS) is 25.9. The molecule has 4 heteroatoms. The number of carbonyl (C=O) groups is 1. The van der Waals surface area contributed by atoms with Crippen molar-refractivity contribution in [1.29, 1.82) is 0 Å². The van der Waals surface area contributed by atoms with Crippen LogP contribution in [0.25, 0.3) is 0 Å². The molecule has 0 saturated carbocycles. The molecular weight excluding hydrogens is 242 g/mol. The Balaban J connectivity index is 1.59. The van der Waals surface area contributed by atoms with E-state index < -0.39 is 0 Å². The molecule has 19 heavy (non-hydrogen) atoms. The summed E-state index contributed by atoms with van der Waals surface area (Å²) in [7, 11) is 0. The van der Waals surface area contributed by atoms with Gasteiger partial charge in [0, 0.05) is 13.1 Å². The number of hydrogen-bond donors (Lipinski definition) is 0. The molecule has 2 aliphatic rings. The van der Waals surface area contributed by atoms with Gasteiger partial charge in [0.2, 0.25) is 0 Å². The summed E-state index contributed by atoms with van der Waals surface area (Å²) in [5.41, 5.74) is 0.697. The second-order valence-electron chi connectivity index (χ2n) is 5.78. The van der Waals surface area contributed by atoms with Crippen molar-refractivity contribution in [3.8, 4) is 0 Å². The number of rotatable bonds is 2. The molecule has 1 aromatic heterocycles. The Bertz CT molecular complexity index is 432. The van der Waals surface area contributed by atoms with Crippen molar-refractivity contribution in [3.63, 3.8) is 0 Å². The van der Waals surface area contributed by atoms with Crippen molar-refractivity contribution < 1.29 is 13.9 Å². The molecule has 1 atom stereocenters. The second-order valence-corrected chi connectivity index (χ2v) is 5.78. The van der Waals surface area contributed by atoms with Crippen LogP contribution >= 0.6 is 0 Å². The Morgan fingerprint density at radius 2 is 2.26 bits per heavy atom. The molecule has 0 aliphatic carbocycles. The van der Waals surface area contributed by atoms with Crippen LogP contribution in [0.5, 0.6) is 0 Å². The lowest BCUT2D eigenvalue weighted by Crippen LogP contribution is -2.46. The predicted molar refractivity (Wildman–Crippen MR) is 70.9 cm³/mol. The van der Waals surface area contributed by atoms with Gasteiger partial charge in [-0.25, -0.2) is 0 Å². The lowest BCUT2D eigenvalue weighted by atomic mass is 9.84. The van der Waals surface area contributed by atoms with Crippen molar-refractivity contribution in [3.05, 3.63) is 24.2 Å². The maximum Gasteiger partial charge on any atom is 0.257 e. The molecule has 1 amide bonds. The Morgan fingerprint density at radius 1 is 1.47 bits per heavy atom. The van der Waals surface area contributed by atoms with Crippen LogP contribution in [0.15, 0.2) is 23.0 Å². The summed E-state index contributed by atoms with van der Waals surface area (Å²) in [6.07, 6.45) is 7.35. The van der Waals surface area contributed by atoms with E-state index in [1.54, 1.807) is 12.3 Å². The van der Waals surface area contributed by atoms with Crippen LogP contribution in [-0.2, 0) is 4.74 Å². The third-order valence-corrected chi connectivity index (χ3v) is 4.59. The molecule has 104 valence electrons. The molecular formula is C15H21NO3. The maximum atomic E-state index is 12.2. The van der Waals surface area contributed by atoms with Gasteiger partial charge >= 0.3 is 0 Å². The van der Waals surface area contributed by atoms with Gasteiger partial charge < -0.3 is 14.1 Å². The van der Waals surface area contributed by atoms with Gasteiger partial charge in [0.15, 0.2) is 0 Å². The zero-order valence-electron chi connectivity index (χ0n) is 11.4. The predicted octanol–water partition coefficient (Wildman–Crippen LogP) is 2.70. The molecule has 1 spiro atoms. The summed E-state index contributed by atoms with van der Waals surface area (Å²) in [6, 6.07) is 1.73. The fourth-order valence-electron chi connectivity index (χ4n) is 3.24. The summed E-state index contributed by atoms with van der Waals surface area (Å²) in [6.45, 7) is 4.71. The topological polar surface area (TPSA) is 42.7 Å². The lowest BCUT2D eigenvalue weighted by molar-refractivity contribution is -0.0391. The molecule has 0 N–H and O–H groups in total. The molecule has 3 rings (SSSR count). The quantitative estimate of drug-likeness (QED) is 0.824. The van der Waals surface area contributed by atoms with Gasteiger partial charge in [0.25, 0.3) is 5.91 Å². The van der Waals surface area contributed by atoms with Crippen molar-refractivity contribution in [2.75, 3.05) is 19.7 Å². The second kappa shape index (κ2) is 5.00. The van der Waals surface area contributed by atoms with Gasteiger partial charge in [-0.05, 0) is 31.2 Å². The first-order valence-corrected chi connectivity index (χ1v) is 7.18. The number of furan rings is 1. The van der Waals surface area contributed by atoms with Gasteiger partial charge in [-0.1, -0.05) is 13.3 Å². The SMILES string of the molecule is CC[C@H]1COC2(CCN(C(=O)c3ccoc3)CC2)C1. The van der Waals surface area contributed by atoms with Crippen molar-refractivity contribution in [1.82, 2.24) is 4.90 Å². The minimum atomic E-state index is 0.0495. The van der Waals surface area contributed by atoms with E-state index in [-0.39, 0.29) is 11.5 Å². The summed E-state index contributed by atoms with van der Waals surface area (Å²) in [5.74, 6) is 0.782. The summed E-state index contributed by atoms with van der Waals surface area (Å²) >= 11 is 0. The number of amides is 1. The monoisotopic (exact) mass is 263 g/mol. The van der Waals surface area contributed by atoms with Crippen LogP contribution in [-0.4, -0.2) is 36.1 Å². The number of ether oxygens (including phenoxy) is 1. The molecule has 4 nitrogen and oxygen atoms in total. The highest BCUT2D eigenvalue weighted by Crippen LogP contribution is 2.39. The van der Waals surface area contributed by atoms with Crippen molar-refractivity contribution >= 4 is 5.91 Å². The van der Waals surface area contributed by atoms with E-state index in [2.05, 4.69) is 6.92 Å². The molecule has 0 bridgehead atoms. The van der Waals surface area contributed by atoms with Crippen LogP contribution in [0, 0.1) is 5.92 Å². The first kappa shape index (κ1) is 12.7. The van der Waals surface area contributed by atoms with Gasteiger partial charge in [-0.2, -0.15) is 0 Å². The van der Waals surface area contributed by atoms with Crippen LogP contribution in [0.2, 0.25) is 0 Å². The highest BCUT2D eigenvalue weighted by Gasteiger charge is 2.42. The van der Waals surface area contributed by atoms with E-state index in [9.17, 15) is 4.79 Å². The third-order valence-electron chi connectivity index (χ3n) is 4.59. The van der Waals surface area contributed by atoms with Gasteiger partial charge in [0.1, 0.15) is 6.26 Å². The minimum absolute atomic E-state index is 0.0495. The number of nitrogens with zero attached hydrogens (tertiary/aromatic N) is 1. The van der Waals surface area contributed by atoms with E-state index in [0.717, 1.165) is 39.0 Å². The van der Waals surface area contributed by atoms with E-state index in [0.29, 0.717) is 11.5 Å². The third kappa shape index (κ3) is 2.41. The van der Waals surface area contributed by atoms with Crippen LogP contribution in [0.3, 0.4) is 0 Å².